The van der Waals surface area contributed by atoms with Gasteiger partial charge in [0.15, 0.2) is 11.9 Å². The molecule has 0 aromatic rings. The molecule has 0 radical (unpaired) electrons. The number of hydrogen-bond acceptors (Lipinski definition) is 5. The maximum absolute atomic E-state index is 12.3. The number of aliphatic carboxylic acids is 1. The van der Waals surface area contributed by atoms with Gasteiger partial charge in [-0.15, -0.1) is 0 Å². The summed E-state index contributed by atoms with van der Waals surface area (Å²) in [6, 6.07) is -2.01. The van der Waals surface area contributed by atoms with Crippen molar-refractivity contribution in [1.82, 2.24) is 10.6 Å². The zero-order valence-corrected chi connectivity index (χ0v) is 14.8. The quantitative estimate of drug-likeness (QED) is 0.107. The Kier molecular flexibility index (Phi) is 10.9. The summed E-state index contributed by atoms with van der Waals surface area (Å²) < 4.78 is 0. The summed E-state index contributed by atoms with van der Waals surface area (Å²) in [6.45, 7) is 1.79. The van der Waals surface area contributed by atoms with Gasteiger partial charge in [-0.25, -0.2) is 4.79 Å². The van der Waals surface area contributed by atoms with Crippen LogP contribution in [-0.4, -0.2) is 60.0 Å². The number of guanidine groups is 2. The van der Waals surface area contributed by atoms with Crippen molar-refractivity contribution in [2.45, 2.75) is 44.7 Å². The summed E-state index contributed by atoms with van der Waals surface area (Å²) in [5, 5.41) is 14.1. The number of amides is 2. The van der Waals surface area contributed by atoms with E-state index < -0.39 is 29.9 Å². The van der Waals surface area contributed by atoms with Crippen molar-refractivity contribution >= 4 is 29.7 Å². The van der Waals surface area contributed by atoms with Gasteiger partial charge in [0.05, 0.1) is 0 Å². The van der Waals surface area contributed by atoms with E-state index in [1.54, 1.807) is 0 Å². The highest BCUT2D eigenvalue weighted by atomic mass is 16.4. The monoisotopic (exact) mass is 372 g/mol. The molecule has 0 aromatic heterocycles. The number of nitrogens with one attached hydrogen (secondary N) is 2. The minimum atomic E-state index is -1.19. The highest BCUT2D eigenvalue weighted by Crippen LogP contribution is 2.03. The Balaban J connectivity index is 4.72. The summed E-state index contributed by atoms with van der Waals surface area (Å²) in [6.07, 6.45) is 1.18. The third-order valence-corrected chi connectivity index (χ3v) is 3.20. The van der Waals surface area contributed by atoms with E-state index in [1.807, 2.05) is 0 Å². The van der Waals surface area contributed by atoms with Gasteiger partial charge in [-0.2, -0.15) is 0 Å². The fourth-order valence-electron chi connectivity index (χ4n) is 2.05. The number of nitrogens with zero attached hydrogens (tertiary/aromatic N) is 2. The average molecular weight is 372 g/mol. The molecule has 2 amide bonds. The molecule has 26 heavy (non-hydrogen) atoms. The van der Waals surface area contributed by atoms with E-state index in [0.717, 1.165) is 0 Å². The first-order chi connectivity index (χ1) is 12.1. The van der Waals surface area contributed by atoms with E-state index in [2.05, 4.69) is 20.6 Å². The first-order valence-electron chi connectivity index (χ1n) is 8.04. The normalized spacial score (nSPS) is 12.3. The fourth-order valence-corrected chi connectivity index (χ4v) is 2.05. The number of carbonyl (C=O) groups excluding carboxylic acids is 2. The SMILES string of the molecule is CC(=O)NC(CCCN=C(N)N)C(=O)NC(CCCN=C(N)N)C(=O)O. The van der Waals surface area contributed by atoms with Crippen molar-refractivity contribution in [3.8, 4) is 0 Å². The molecule has 0 fully saturated rings. The Morgan fingerprint density at radius 3 is 1.73 bits per heavy atom. The number of hydrogen-bond donors (Lipinski definition) is 7. The van der Waals surface area contributed by atoms with Crippen LogP contribution in [-0.2, 0) is 14.4 Å². The number of aliphatic imine (C=N–C) groups is 2. The topological polar surface area (TPSA) is 224 Å². The number of carbonyl (C=O) groups is 3. The summed E-state index contributed by atoms with van der Waals surface area (Å²) in [5.41, 5.74) is 20.8. The zero-order valence-electron chi connectivity index (χ0n) is 14.8. The predicted octanol–water partition coefficient (Wildman–Crippen LogP) is -2.83. The molecule has 12 nitrogen and oxygen atoms in total. The second kappa shape index (κ2) is 12.3. The van der Waals surface area contributed by atoms with Crippen LogP contribution >= 0.6 is 0 Å². The van der Waals surface area contributed by atoms with Gasteiger partial charge >= 0.3 is 5.97 Å². The van der Waals surface area contributed by atoms with Crippen LogP contribution in [0.3, 0.4) is 0 Å². The molecule has 2 unspecified atom stereocenters. The van der Waals surface area contributed by atoms with Crippen LogP contribution in [0.25, 0.3) is 0 Å². The lowest BCUT2D eigenvalue weighted by molar-refractivity contribution is -0.142. The maximum atomic E-state index is 12.3. The predicted molar refractivity (Wildman–Crippen MR) is 97.0 cm³/mol. The number of rotatable bonds is 12. The molecule has 0 heterocycles. The first kappa shape index (κ1) is 22.9. The minimum absolute atomic E-state index is 0.0720. The molecular weight excluding hydrogens is 344 g/mol. The molecule has 12 heteroatoms. The zero-order chi connectivity index (χ0) is 20.1. The Morgan fingerprint density at radius 1 is 0.885 bits per heavy atom. The van der Waals surface area contributed by atoms with E-state index in [-0.39, 0.29) is 37.9 Å². The Labute approximate surface area is 151 Å². The molecule has 11 N–H and O–H groups in total. The molecule has 0 spiro atoms. The maximum Gasteiger partial charge on any atom is 0.326 e. The number of carboxylic acids is 1. The lowest BCUT2D eigenvalue weighted by atomic mass is 10.1. The molecule has 0 bridgehead atoms. The van der Waals surface area contributed by atoms with Gasteiger partial charge in [-0.05, 0) is 25.7 Å². The summed E-state index contributed by atoms with van der Waals surface area (Å²) >= 11 is 0. The first-order valence-corrected chi connectivity index (χ1v) is 8.04. The van der Waals surface area contributed by atoms with Crippen molar-refractivity contribution in [3.05, 3.63) is 0 Å². The van der Waals surface area contributed by atoms with Crippen molar-refractivity contribution in [3.63, 3.8) is 0 Å². The standard InChI is InChI=1S/C14H28N8O4/c1-8(23)21-9(4-2-6-19-13(15)16)11(24)22-10(12(25)26)5-3-7-20-14(17)18/h9-10H,2-7H2,1H3,(H,21,23)(H,22,24)(H,25,26)(H4,15,16,19)(H4,17,18,20). The van der Waals surface area contributed by atoms with E-state index in [4.69, 9.17) is 22.9 Å². The molecule has 2 atom stereocenters. The smallest absolute Gasteiger partial charge is 0.326 e. The minimum Gasteiger partial charge on any atom is -0.480 e. The van der Waals surface area contributed by atoms with Crippen molar-refractivity contribution in [2.75, 3.05) is 13.1 Å². The van der Waals surface area contributed by atoms with Crippen LogP contribution in [0, 0.1) is 0 Å². The molecule has 0 aliphatic rings. The number of carboxylic acid groups (broad SMARTS) is 1. The van der Waals surface area contributed by atoms with E-state index in [1.165, 1.54) is 6.92 Å². The third kappa shape index (κ3) is 11.5. The Hall–Kier alpha value is -3.05. The van der Waals surface area contributed by atoms with Crippen LogP contribution in [0.2, 0.25) is 0 Å². The molecule has 0 aromatic carbocycles. The Morgan fingerprint density at radius 2 is 1.35 bits per heavy atom. The van der Waals surface area contributed by atoms with E-state index in [0.29, 0.717) is 12.8 Å². The third-order valence-electron chi connectivity index (χ3n) is 3.20. The second-order valence-corrected chi connectivity index (χ2v) is 5.55. The van der Waals surface area contributed by atoms with E-state index >= 15 is 0 Å². The van der Waals surface area contributed by atoms with Gasteiger partial charge in [-0.1, -0.05) is 0 Å². The highest BCUT2D eigenvalue weighted by molar-refractivity contribution is 5.89. The number of nitrogens with two attached hydrogens (primary N) is 4. The van der Waals surface area contributed by atoms with Gasteiger partial charge in [0.2, 0.25) is 11.8 Å². The molecule has 0 aliphatic heterocycles. The Bertz CT molecular complexity index is 541. The summed E-state index contributed by atoms with van der Waals surface area (Å²) in [5.74, 6) is -2.36. The van der Waals surface area contributed by atoms with Gasteiger partial charge in [0.1, 0.15) is 12.1 Å². The lowest BCUT2D eigenvalue weighted by Crippen LogP contribution is -2.51. The van der Waals surface area contributed by atoms with Gasteiger partial charge in [0, 0.05) is 20.0 Å². The van der Waals surface area contributed by atoms with E-state index in [9.17, 15) is 19.5 Å². The van der Waals surface area contributed by atoms with Crippen LogP contribution in [0.4, 0.5) is 0 Å². The van der Waals surface area contributed by atoms with Crippen molar-refractivity contribution < 1.29 is 19.5 Å². The molecule has 0 saturated heterocycles. The summed E-state index contributed by atoms with van der Waals surface area (Å²) in [7, 11) is 0. The lowest BCUT2D eigenvalue weighted by Gasteiger charge is -2.20. The fraction of sp³-hybridized carbons (Fsp3) is 0.643. The molecular formula is C14H28N8O4. The summed E-state index contributed by atoms with van der Waals surface area (Å²) in [4.78, 5) is 42.5. The molecule has 0 saturated carbocycles. The van der Waals surface area contributed by atoms with Gasteiger partial charge < -0.3 is 38.7 Å². The van der Waals surface area contributed by atoms with Crippen molar-refractivity contribution in [2.24, 2.45) is 32.9 Å². The van der Waals surface area contributed by atoms with Crippen molar-refractivity contribution in [1.29, 1.82) is 0 Å². The molecule has 148 valence electrons. The van der Waals surface area contributed by atoms with Gasteiger partial charge in [-0.3, -0.25) is 19.6 Å². The average Bonchev–Trinajstić information content (AvgIpc) is 2.51. The largest absolute Gasteiger partial charge is 0.480 e. The van der Waals surface area contributed by atoms with Crippen LogP contribution < -0.4 is 33.6 Å². The molecule has 0 aliphatic carbocycles. The van der Waals surface area contributed by atoms with Gasteiger partial charge in [0.25, 0.3) is 0 Å². The van der Waals surface area contributed by atoms with Crippen LogP contribution in [0.5, 0.6) is 0 Å². The highest BCUT2D eigenvalue weighted by Gasteiger charge is 2.25. The van der Waals surface area contributed by atoms with Crippen LogP contribution in [0.15, 0.2) is 9.98 Å². The second-order valence-electron chi connectivity index (χ2n) is 5.55. The van der Waals surface area contributed by atoms with Crippen LogP contribution in [0.1, 0.15) is 32.6 Å². The molecule has 0 rings (SSSR count).